The molecular weight excluding hydrogens is 551 g/mol. The molecule has 6 rings (SSSR count). The van der Waals surface area contributed by atoms with E-state index in [9.17, 15) is 19.1 Å². The number of halogens is 1. The zero-order chi connectivity index (χ0) is 30.5. The third kappa shape index (κ3) is 5.84. The highest BCUT2D eigenvalue weighted by atomic mass is 19.1. The molecule has 2 unspecified atom stereocenters. The highest BCUT2D eigenvalue weighted by molar-refractivity contribution is 5.96. The number of aryl methyl sites for hydroxylation is 1. The number of amides is 2. The van der Waals surface area contributed by atoms with E-state index in [-0.39, 0.29) is 35.2 Å². The number of nitrogens with one attached hydrogen (secondary N) is 2. The van der Waals surface area contributed by atoms with Crippen LogP contribution in [-0.4, -0.2) is 61.8 Å². The van der Waals surface area contributed by atoms with Crippen molar-refractivity contribution in [1.29, 1.82) is 0 Å². The Kier molecular flexibility index (Phi) is 7.19. The topological polar surface area (TPSA) is 121 Å². The minimum Gasteiger partial charge on any atom is -0.465 e. The summed E-state index contributed by atoms with van der Waals surface area (Å²) in [4.78, 5) is 30.6. The van der Waals surface area contributed by atoms with Crippen molar-refractivity contribution in [2.45, 2.75) is 52.6 Å². The lowest BCUT2D eigenvalue weighted by atomic mass is 9.72. The van der Waals surface area contributed by atoms with Crippen LogP contribution in [0.5, 0.6) is 11.6 Å². The average molecular weight is 587 g/mol. The maximum atomic E-state index is 13.9. The molecule has 10 nitrogen and oxygen atoms in total. The minimum absolute atomic E-state index is 0.0777. The summed E-state index contributed by atoms with van der Waals surface area (Å²) in [6.45, 7) is 8.96. The van der Waals surface area contributed by atoms with Gasteiger partial charge in [0.25, 0.3) is 5.91 Å². The van der Waals surface area contributed by atoms with Gasteiger partial charge in [-0.1, -0.05) is 32.9 Å². The van der Waals surface area contributed by atoms with E-state index >= 15 is 0 Å². The van der Waals surface area contributed by atoms with E-state index < -0.39 is 11.9 Å². The lowest BCUT2D eigenvalue weighted by Gasteiger charge is -2.53. The molecule has 2 aliphatic rings. The Balaban J connectivity index is 1.33. The van der Waals surface area contributed by atoms with Crippen LogP contribution >= 0.6 is 0 Å². The number of hydrogen-bond donors (Lipinski definition) is 3. The molecule has 2 atom stereocenters. The molecule has 0 bridgehead atoms. The van der Waals surface area contributed by atoms with Gasteiger partial charge in [0.1, 0.15) is 11.6 Å². The summed E-state index contributed by atoms with van der Waals surface area (Å²) in [5, 5.41) is 20.8. The first-order chi connectivity index (χ1) is 20.5. The fourth-order valence-electron chi connectivity index (χ4n) is 5.91. The molecule has 0 radical (unpaired) electrons. The van der Waals surface area contributed by atoms with Gasteiger partial charge in [0, 0.05) is 54.4 Å². The molecule has 4 aromatic rings. The van der Waals surface area contributed by atoms with Crippen molar-refractivity contribution in [3.63, 3.8) is 0 Å². The van der Waals surface area contributed by atoms with Crippen LogP contribution in [0.3, 0.4) is 0 Å². The number of ether oxygens (including phenoxy) is 1. The van der Waals surface area contributed by atoms with E-state index in [1.807, 2.05) is 45.9 Å². The minimum atomic E-state index is -0.919. The number of likely N-dealkylation sites (tertiary alicyclic amines) is 1. The number of benzene rings is 2. The summed E-state index contributed by atoms with van der Waals surface area (Å²) >= 11 is 0. The standard InChI is InChI=1S/C32H35FN6O4/c1-18-12-19(8-11-24(18)30(40)36-22-9-10-22)26-16-35-29-25(34-15-20-17-38(31(41)42)28(20)32(2,3)4)14-27(37-39(26)29)43-23-7-5-6-21(33)13-23/h5-8,11-14,16,20,22,28,34H,9-10,15,17H2,1-4H3,(H,36,40)(H,41,42). The van der Waals surface area contributed by atoms with Crippen molar-refractivity contribution in [2.24, 2.45) is 11.3 Å². The van der Waals surface area contributed by atoms with E-state index in [2.05, 4.69) is 20.7 Å². The van der Waals surface area contributed by atoms with Crippen molar-refractivity contribution >= 4 is 23.3 Å². The number of carbonyl (C=O) groups is 2. The third-order valence-electron chi connectivity index (χ3n) is 8.04. The number of carbonyl (C=O) groups excluding carboxylic acids is 1. The van der Waals surface area contributed by atoms with E-state index in [0.29, 0.717) is 41.4 Å². The number of imidazole rings is 1. The van der Waals surface area contributed by atoms with Gasteiger partial charge in [-0.3, -0.25) is 4.79 Å². The molecule has 3 heterocycles. The summed E-state index contributed by atoms with van der Waals surface area (Å²) in [6, 6.07) is 13.3. The quantitative estimate of drug-likeness (QED) is 0.233. The van der Waals surface area contributed by atoms with Crippen molar-refractivity contribution in [2.75, 3.05) is 18.4 Å². The Morgan fingerprint density at radius 3 is 2.60 bits per heavy atom. The van der Waals surface area contributed by atoms with Gasteiger partial charge in [-0.05, 0) is 55.0 Å². The van der Waals surface area contributed by atoms with E-state index in [1.165, 1.54) is 17.0 Å². The maximum absolute atomic E-state index is 13.9. The zero-order valence-electron chi connectivity index (χ0n) is 24.6. The average Bonchev–Trinajstić information content (AvgIpc) is 3.61. The van der Waals surface area contributed by atoms with Gasteiger partial charge in [-0.2, -0.15) is 0 Å². The Morgan fingerprint density at radius 1 is 1.14 bits per heavy atom. The van der Waals surface area contributed by atoms with Gasteiger partial charge >= 0.3 is 6.09 Å². The van der Waals surface area contributed by atoms with Gasteiger partial charge < -0.3 is 25.4 Å². The summed E-state index contributed by atoms with van der Waals surface area (Å²) in [7, 11) is 0. The van der Waals surface area contributed by atoms with Crippen LogP contribution in [0.1, 0.15) is 49.5 Å². The molecule has 43 heavy (non-hydrogen) atoms. The van der Waals surface area contributed by atoms with Crippen LogP contribution < -0.4 is 15.4 Å². The molecule has 1 saturated heterocycles. The maximum Gasteiger partial charge on any atom is 0.407 e. The van der Waals surface area contributed by atoms with Gasteiger partial charge in [0.2, 0.25) is 5.88 Å². The van der Waals surface area contributed by atoms with Crippen molar-refractivity contribution < 1.29 is 23.8 Å². The fraction of sp³-hybridized carbons (Fsp3) is 0.375. The third-order valence-corrected chi connectivity index (χ3v) is 8.04. The second-order valence-corrected chi connectivity index (χ2v) is 12.5. The number of hydrogen-bond acceptors (Lipinski definition) is 6. The predicted molar refractivity (Wildman–Crippen MR) is 160 cm³/mol. The number of nitrogens with zero attached hydrogens (tertiary/aromatic N) is 4. The van der Waals surface area contributed by atoms with Crippen molar-refractivity contribution in [3.8, 4) is 22.9 Å². The molecular formula is C32H35FN6O4. The predicted octanol–water partition coefficient (Wildman–Crippen LogP) is 5.96. The van der Waals surface area contributed by atoms with Gasteiger partial charge in [0.15, 0.2) is 5.65 Å². The Bertz CT molecular complexity index is 1710. The number of carboxylic acid groups (broad SMARTS) is 1. The van der Waals surface area contributed by atoms with Crippen molar-refractivity contribution in [3.05, 3.63) is 71.7 Å². The van der Waals surface area contributed by atoms with Crippen molar-refractivity contribution in [1.82, 2.24) is 24.8 Å². The van der Waals surface area contributed by atoms with Crippen LogP contribution in [-0.2, 0) is 0 Å². The Morgan fingerprint density at radius 2 is 1.93 bits per heavy atom. The lowest BCUT2D eigenvalue weighted by Crippen LogP contribution is -2.65. The first kappa shape index (κ1) is 28.4. The molecule has 2 amide bonds. The molecule has 1 aliphatic heterocycles. The molecule has 2 aromatic carbocycles. The highest BCUT2D eigenvalue weighted by Gasteiger charge is 2.48. The molecule has 2 fully saturated rings. The van der Waals surface area contributed by atoms with Crippen LogP contribution in [0.4, 0.5) is 14.9 Å². The van der Waals surface area contributed by atoms with Gasteiger partial charge in [-0.25, -0.2) is 18.7 Å². The van der Waals surface area contributed by atoms with Crippen LogP contribution in [0.15, 0.2) is 54.7 Å². The van der Waals surface area contributed by atoms with Gasteiger partial charge in [-0.15, -0.1) is 5.10 Å². The number of fused-ring (bicyclic) bond motifs is 1. The molecule has 224 valence electrons. The van der Waals surface area contributed by atoms with E-state index in [4.69, 9.17) is 4.74 Å². The van der Waals surface area contributed by atoms with Crippen LogP contribution in [0.2, 0.25) is 0 Å². The van der Waals surface area contributed by atoms with Crippen LogP contribution in [0.25, 0.3) is 16.9 Å². The first-order valence-corrected chi connectivity index (χ1v) is 14.5. The number of rotatable bonds is 8. The van der Waals surface area contributed by atoms with E-state index in [1.54, 1.807) is 28.9 Å². The molecule has 11 heteroatoms. The second kappa shape index (κ2) is 10.9. The normalized spacial score (nSPS) is 18.3. The smallest absolute Gasteiger partial charge is 0.407 e. The molecule has 1 saturated carbocycles. The lowest BCUT2D eigenvalue weighted by molar-refractivity contribution is -0.0288. The summed E-state index contributed by atoms with van der Waals surface area (Å²) < 4.78 is 21.6. The molecule has 0 spiro atoms. The SMILES string of the molecule is Cc1cc(-c2cnc3c(NCC4CN(C(=O)O)C4C(C)(C)C)cc(Oc4cccc(F)c4)nn23)ccc1C(=O)NC1CC1. The largest absolute Gasteiger partial charge is 0.465 e. The Hall–Kier alpha value is -4.67. The Labute approximate surface area is 248 Å². The second-order valence-electron chi connectivity index (χ2n) is 12.5. The highest BCUT2D eigenvalue weighted by Crippen LogP contribution is 2.39. The molecule has 3 N–H and O–H groups in total. The summed E-state index contributed by atoms with van der Waals surface area (Å²) in [6.07, 6.45) is 2.83. The monoisotopic (exact) mass is 586 g/mol. The van der Waals surface area contributed by atoms with Crippen LogP contribution in [0, 0.1) is 24.1 Å². The number of anilines is 1. The van der Waals surface area contributed by atoms with Gasteiger partial charge in [0.05, 0.1) is 17.6 Å². The zero-order valence-corrected chi connectivity index (χ0v) is 24.6. The number of aromatic nitrogens is 3. The first-order valence-electron chi connectivity index (χ1n) is 14.5. The molecule has 2 aromatic heterocycles. The van der Waals surface area contributed by atoms with E-state index in [0.717, 1.165) is 24.0 Å². The summed E-state index contributed by atoms with van der Waals surface area (Å²) in [5.41, 5.74) is 3.92. The molecule has 1 aliphatic carbocycles. The summed E-state index contributed by atoms with van der Waals surface area (Å²) in [5.74, 6) is 0.104. The fourth-order valence-corrected chi connectivity index (χ4v) is 5.91.